The van der Waals surface area contributed by atoms with E-state index >= 15 is 0 Å². The van der Waals surface area contributed by atoms with E-state index in [1.54, 1.807) is 6.07 Å². The molecule has 11 heteroatoms. The predicted octanol–water partition coefficient (Wildman–Crippen LogP) is 4.15. The number of carbonyl (C=O) groups is 2. The molecule has 0 aliphatic carbocycles. The van der Waals surface area contributed by atoms with E-state index in [-0.39, 0.29) is 24.7 Å². The van der Waals surface area contributed by atoms with E-state index in [0.717, 1.165) is 23.3 Å². The molecule has 1 aromatic heterocycles. The Kier molecular flexibility index (Phi) is 9.36. The highest BCUT2D eigenvalue weighted by Crippen LogP contribution is 2.47. The van der Waals surface area contributed by atoms with Crippen molar-refractivity contribution in [3.05, 3.63) is 41.3 Å². The normalized spacial score (nSPS) is 23.3. The second-order valence-electron chi connectivity index (χ2n) is 9.32. The Hall–Kier alpha value is -2.31. The minimum Gasteiger partial charge on any atom is -0.372 e. The molecule has 0 bridgehead atoms. The molecule has 2 aliphatic rings. The molecule has 1 unspecified atom stereocenters. The van der Waals surface area contributed by atoms with Crippen molar-refractivity contribution in [3.63, 3.8) is 0 Å². The first-order valence-corrected chi connectivity index (χ1v) is 15.2. The Balaban J connectivity index is 1.53. The van der Waals surface area contributed by atoms with Crippen LogP contribution in [-0.2, 0) is 38.5 Å². The zero-order valence-electron chi connectivity index (χ0n) is 21.0. The Morgan fingerprint density at radius 2 is 2.00 bits per heavy atom. The van der Waals surface area contributed by atoms with Crippen LogP contribution in [0.3, 0.4) is 0 Å². The molecule has 9 nitrogen and oxygen atoms in total. The van der Waals surface area contributed by atoms with Crippen molar-refractivity contribution in [1.29, 1.82) is 0 Å². The van der Waals surface area contributed by atoms with Gasteiger partial charge in [-0.3, -0.25) is 9.59 Å². The zero-order valence-corrected chi connectivity index (χ0v) is 22.6. The summed E-state index contributed by atoms with van der Waals surface area (Å²) in [6.07, 6.45) is 3.54. The third-order valence-corrected chi connectivity index (χ3v) is 10.7. The summed E-state index contributed by atoms with van der Waals surface area (Å²) >= 11 is 1.36. The van der Waals surface area contributed by atoms with Crippen LogP contribution in [0.5, 0.6) is 0 Å². The third-order valence-electron chi connectivity index (χ3n) is 6.65. The molecular formula is C26H34N2O7S2. The van der Waals surface area contributed by atoms with E-state index in [1.807, 2.05) is 37.3 Å². The topological polar surface area (TPSA) is 120 Å². The summed E-state index contributed by atoms with van der Waals surface area (Å²) in [6, 6.07) is 11.0. The first kappa shape index (κ1) is 27.7. The van der Waals surface area contributed by atoms with Gasteiger partial charge < -0.3 is 14.8 Å². The van der Waals surface area contributed by atoms with Crippen molar-refractivity contribution >= 4 is 38.7 Å². The number of thiophene rings is 1. The maximum atomic E-state index is 13.5. The third kappa shape index (κ3) is 6.77. The number of carbonyl (C=O) groups excluding carboxylic acids is 2. The molecule has 2 atom stereocenters. The van der Waals surface area contributed by atoms with Gasteiger partial charge in [0, 0.05) is 35.1 Å². The van der Waals surface area contributed by atoms with Crippen LogP contribution in [0, 0.1) is 0 Å². The van der Waals surface area contributed by atoms with E-state index < -0.39 is 26.8 Å². The number of hydrogen-bond donors (Lipinski definition) is 2. The Morgan fingerprint density at radius 1 is 1.14 bits per heavy atom. The Labute approximate surface area is 221 Å². The smallest absolute Gasteiger partial charge is 0.250 e. The number of benzene rings is 1. The molecule has 0 radical (unpaired) electrons. The van der Waals surface area contributed by atoms with Gasteiger partial charge in [0.2, 0.25) is 11.8 Å². The zero-order chi connectivity index (χ0) is 26.3. The number of sulfone groups is 1. The number of ether oxygens (including phenoxy) is 2. The molecule has 1 aromatic carbocycles. The maximum Gasteiger partial charge on any atom is 0.250 e. The lowest BCUT2D eigenvalue weighted by Crippen LogP contribution is -2.45. The van der Waals surface area contributed by atoms with Crippen LogP contribution in [0.15, 0.2) is 36.4 Å². The number of amides is 2. The molecule has 2 fully saturated rings. The van der Waals surface area contributed by atoms with Gasteiger partial charge in [-0.05, 0) is 62.4 Å². The molecule has 0 saturated carbocycles. The number of hydroxylamine groups is 1. The van der Waals surface area contributed by atoms with Gasteiger partial charge in [-0.2, -0.15) is 0 Å². The molecule has 2 amide bonds. The van der Waals surface area contributed by atoms with E-state index in [9.17, 15) is 18.0 Å². The van der Waals surface area contributed by atoms with Crippen molar-refractivity contribution in [2.24, 2.45) is 0 Å². The quantitative estimate of drug-likeness (QED) is 0.427. The number of hydrogen-bond acceptors (Lipinski definition) is 8. The van der Waals surface area contributed by atoms with E-state index in [4.69, 9.17) is 14.3 Å². The summed E-state index contributed by atoms with van der Waals surface area (Å²) in [7, 11) is -3.59. The van der Waals surface area contributed by atoms with Crippen LogP contribution in [0.25, 0.3) is 10.4 Å². The monoisotopic (exact) mass is 550 g/mol. The first-order valence-electron chi connectivity index (χ1n) is 12.7. The lowest BCUT2D eigenvalue weighted by Gasteiger charge is -2.35. The molecule has 2 saturated heterocycles. The fourth-order valence-corrected chi connectivity index (χ4v) is 8.50. The highest BCUT2D eigenvalue weighted by molar-refractivity contribution is 7.92. The van der Waals surface area contributed by atoms with Crippen molar-refractivity contribution in [1.82, 2.24) is 5.48 Å². The van der Waals surface area contributed by atoms with Crippen LogP contribution in [-0.4, -0.2) is 52.1 Å². The van der Waals surface area contributed by atoms with E-state index in [0.29, 0.717) is 49.5 Å². The summed E-state index contributed by atoms with van der Waals surface area (Å²) in [5, 5.41) is 2.81. The van der Waals surface area contributed by atoms with Crippen molar-refractivity contribution in [3.8, 4) is 10.4 Å². The number of nitrogens with one attached hydrogen (secondary N) is 2. The van der Waals surface area contributed by atoms with Gasteiger partial charge in [0.25, 0.3) is 0 Å². The van der Waals surface area contributed by atoms with Gasteiger partial charge in [-0.1, -0.05) is 18.6 Å². The van der Waals surface area contributed by atoms with Crippen molar-refractivity contribution < 1.29 is 32.3 Å². The fraction of sp³-hybridized carbons (Fsp3) is 0.538. The molecule has 37 heavy (non-hydrogen) atoms. The molecule has 202 valence electrons. The van der Waals surface area contributed by atoms with Crippen LogP contribution in [0.2, 0.25) is 0 Å². The molecule has 2 aliphatic heterocycles. The molecule has 2 aromatic rings. The van der Waals surface area contributed by atoms with Gasteiger partial charge in [-0.25, -0.2) is 18.7 Å². The second-order valence-corrected chi connectivity index (χ2v) is 12.8. The summed E-state index contributed by atoms with van der Waals surface area (Å²) in [4.78, 5) is 31.9. The van der Waals surface area contributed by atoms with E-state index in [2.05, 4.69) is 10.8 Å². The standard InChI is InChI=1S/C26H34N2O7S2/c1-2-33-18-24(30)27-20-9-7-8-19(16-20)21-11-12-22(36-21)26(13-4-6-15-37(26,31)32)17-23(29)28-35-25-10-3-5-14-34-25/h7-9,11-12,16,25H,2-6,10,13-15,17-18H2,1H3,(H,27,30)(H,28,29)/t25?,26-/m0/s1. The summed E-state index contributed by atoms with van der Waals surface area (Å²) in [5.41, 5.74) is 3.90. The Bertz CT molecular complexity index is 1190. The molecule has 3 heterocycles. The summed E-state index contributed by atoms with van der Waals surface area (Å²) in [5.74, 6) is -0.680. The van der Waals surface area contributed by atoms with Gasteiger partial charge in [0.1, 0.15) is 11.4 Å². The second kappa shape index (κ2) is 12.5. The maximum absolute atomic E-state index is 13.5. The minimum atomic E-state index is -3.59. The summed E-state index contributed by atoms with van der Waals surface area (Å²) < 4.78 is 36.2. The average Bonchev–Trinajstić information content (AvgIpc) is 3.39. The Morgan fingerprint density at radius 3 is 2.76 bits per heavy atom. The minimum absolute atomic E-state index is 0.0249. The molecular weight excluding hydrogens is 516 g/mol. The van der Waals surface area contributed by atoms with Crippen molar-refractivity contribution in [2.75, 3.05) is 30.9 Å². The lowest BCUT2D eigenvalue weighted by molar-refractivity contribution is -0.200. The SMILES string of the molecule is CCOCC(=O)Nc1cccc(-c2ccc([C@@]3(CC(=O)NOC4CCCCO4)CCCCS3(=O)=O)s2)c1. The predicted molar refractivity (Wildman–Crippen MR) is 142 cm³/mol. The van der Waals surface area contributed by atoms with E-state index in [1.165, 1.54) is 11.3 Å². The molecule has 0 spiro atoms. The van der Waals surface area contributed by atoms with Gasteiger partial charge in [-0.15, -0.1) is 11.3 Å². The fourth-order valence-electron chi connectivity index (χ4n) is 4.73. The lowest BCUT2D eigenvalue weighted by atomic mass is 9.94. The molecule has 2 N–H and O–H groups in total. The van der Waals surface area contributed by atoms with Crippen LogP contribution in [0.1, 0.15) is 56.7 Å². The highest BCUT2D eigenvalue weighted by Gasteiger charge is 2.49. The van der Waals surface area contributed by atoms with Gasteiger partial charge >= 0.3 is 0 Å². The van der Waals surface area contributed by atoms with Crippen LogP contribution in [0.4, 0.5) is 5.69 Å². The van der Waals surface area contributed by atoms with Crippen LogP contribution >= 0.6 is 11.3 Å². The van der Waals surface area contributed by atoms with Gasteiger partial charge in [0.15, 0.2) is 16.1 Å². The largest absolute Gasteiger partial charge is 0.372 e. The number of rotatable bonds is 10. The van der Waals surface area contributed by atoms with Gasteiger partial charge in [0.05, 0.1) is 12.2 Å². The molecule has 4 rings (SSSR count). The average molecular weight is 551 g/mol. The first-order chi connectivity index (χ1) is 17.8. The number of anilines is 1. The van der Waals surface area contributed by atoms with Crippen LogP contribution < -0.4 is 10.8 Å². The summed E-state index contributed by atoms with van der Waals surface area (Å²) in [6.45, 7) is 2.83. The highest BCUT2D eigenvalue weighted by atomic mass is 32.2. The van der Waals surface area contributed by atoms with Crippen molar-refractivity contribution in [2.45, 2.75) is 62.9 Å².